The zero-order valence-electron chi connectivity index (χ0n) is 49.0. The van der Waals surface area contributed by atoms with Gasteiger partial charge in [0.1, 0.15) is 0 Å². The van der Waals surface area contributed by atoms with Gasteiger partial charge in [0.25, 0.3) is 0 Å². The van der Waals surface area contributed by atoms with Crippen LogP contribution in [0.25, 0.3) is 0 Å². The SMILES string of the molecule is CCCCCCCCCC/C=C\CCCCCCCCCCCCCCCCCCCCCCCCCCCC(=O)NC(CO)C(O)/C=C/CC/C=C/CC/C=C/CCCCCCCCCCCCCCC. The molecule has 0 spiro atoms. The second-order valence-electron chi connectivity index (χ2n) is 22.5. The van der Waals surface area contributed by atoms with Gasteiger partial charge in [-0.05, 0) is 70.6 Å². The predicted molar refractivity (Wildman–Crippen MR) is 322 cm³/mol. The number of amides is 1. The quantitative estimate of drug-likeness (QED) is 0.0420. The van der Waals surface area contributed by atoms with E-state index >= 15 is 0 Å². The first-order valence-electron chi connectivity index (χ1n) is 32.9. The van der Waals surface area contributed by atoms with Crippen LogP contribution in [-0.4, -0.2) is 34.9 Å². The van der Waals surface area contributed by atoms with Gasteiger partial charge in [-0.25, -0.2) is 0 Å². The monoisotopic (exact) mass is 1010 g/mol. The highest BCUT2D eigenvalue weighted by molar-refractivity contribution is 5.76. The van der Waals surface area contributed by atoms with E-state index in [9.17, 15) is 15.0 Å². The molecule has 0 heterocycles. The van der Waals surface area contributed by atoms with Gasteiger partial charge < -0.3 is 15.5 Å². The molecule has 0 aliphatic carbocycles. The lowest BCUT2D eigenvalue weighted by Gasteiger charge is -2.19. The Morgan fingerprint density at radius 3 is 0.806 bits per heavy atom. The van der Waals surface area contributed by atoms with Gasteiger partial charge in [0.05, 0.1) is 18.8 Å². The molecule has 72 heavy (non-hydrogen) atoms. The lowest BCUT2D eigenvalue weighted by atomic mass is 10.0. The molecule has 0 saturated heterocycles. The maximum atomic E-state index is 12.5. The number of carbonyl (C=O) groups is 1. The Kier molecular flexibility index (Phi) is 62.2. The predicted octanol–water partition coefficient (Wildman–Crippen LogP) is 22.2. The van der Waals surface area contributed by atoms with Crippen LogP contribution in [0.5, 0.6) is 0 Å². The fraction of sp³-hybridized carbons (Fsp3) is 0.868. The van der Waals surface area contributed by atoms with Gasteiger partial charge in [0, 0.05) is 6.42 Å². The van der Waals surface area contributed by atoms with Gasteiger partial charge in [-0.1, -0.05) is 332 Å². The van der Waals surface area contributed by atoms with Crippen LogP contribution in [0.4, 0.5) is 0 Å². The molecule has 424 valence electrons. The summed E-state index contributed by atoms with van der Waals surface area (Å²) in [5.74, 6) is -0.0714. The largest absolute Gasteiger partial charge is 0.394 e. The molecule has 0 aliphatic heterocycles. The van der Waals surface area contributed by atoms with Gasteiger partial charge in [0.15, 0.2) is 0 Å². The highest BCUT2D eigenvalue weighted by Crippen LogP contribution is 2.18. The van der Waals surface area contributed by atoms with E-state index in [-0.39, 0.29) is 12.5 Å². The molecule has 0 aromatic heterocycles. The van der Waals surface area contributed by atoms with E-state index in [0.717, 1.165) is 38.5 Å². The van der Waals surface area contributed by atoms with Crippen molar-refractivity contribution >= 4 is 5.91 Å². The van der Waals surface area contributed by atoms with Crippen molar-refractivity contribution in [2.45, 2.75) is 373 Å². The van der Waals surface area contributed by atoms with Crippen molar-refractivity contribution in [2.24, 2.45) is 0 Å². The van der Waals surface area contributed by atoms with E-state index < -0.39 is 12.1 Å². The third-order valence-electron chi connectivity index (χ3n) is 15.3. The number of rotatable bonds is 61. The van der Waals surface area contributed by atoms with Crippen molar-refractivity contribution in [1.82, 2.24) is 5.32 Å². The Labute approximate surface area is 452 Å². The van der Waals surface area contributed by atoms with Crippen LogP contribution in [-0.2, 0) is 4.79 Å². The summed E-state index contributed by atoms with van der Waals surface area (Å²) in [5, 5.41) is 23.2. The molecule has 0 aromatic rings. The van der Waals surface area contributed by atoms with Gasteiger partial charge in [-0.2, -0.15) is 0 Å². The van der Waals surface area contributed by atoms with Crippen molar-refractivity contribution in [3.63, 3.8) is 0 Å². The summed E-state index contributed by atoms with van der Waals surface area (Å²) in [6.45, 7) is 4.33. The Morgan fingerprint density at radius 1 is 0.319 bits per heavy atom. The third kappa shape index (κ3) is 59.2. The molecule has 0 aliphatic rings. The van der Waals surface area contributed by atoms with Gasteiger partial charge in [-0.15, -0.1) is 0 Å². The number of nitrogens with one attached hydrogen (secondary N) is 1. The first-order valence-corrected chi connectivity index (χ1v) is 32.9. The molecule has 2 atom stereocenters. The normalized spacial score (nSPS) is 13.0. The summed E-state index contributed by atoms with van der Waals surface area (Å²) in [6.07, 6.45) is 89.0. The summed E-state index contributed by atoms with van der Waals surface area (Å²) in [6, 6.07) is -0.646. The van der Waals surface area contributed by atoms with E-state index in [0.29, 0.717) is 6.42 Å². The average Bonchev–Trinajstić information content (AvgIpc) is 3.39. The molecule has 3 N–H and O–H groups in total. The van der Waals surface area contributed by atoms with Crippen molar-refractivity contribution in [3.8, 4) is 0 Å². The Balaban J connectivity index is 3.45. The fourth-order valence-electron chi connectivity index (χ4n) is 10.3. The van der Waals surface area contributed by atoms with E-state index in [1.807, 2.05) is 6.08 Å². The molecule has 0 bridgehead atoms. The topological polar surface area (TPSA) is 69.6 Å². The first-order chi connectivity index (χ1) is 35.7. The van der Waals surface area contributed by atoms with E-state index in [4.69, 9.17) is 0 Å². The third-order valence-corrected chi connectivity index (χ3v) is 15.3. The summed E-state index contributed by atoms with van der Waals surface area (Å²) >= 11 is 0. The Hall–Kier alpha value is -1.65. The number of hydrogen-bond acceptors (Lipinski definition) is 3. The molecule has 0 aromatic carbocycles. The number of carbonyl (C=O) groups excluding carboxylic acids is 1. The van der Waals surface area contributed by atoms with Crippen LogP contribution in [0.3, 0.4) is 0 Å². The van der Waals surface area contributed by atoms with Crippen molar-refractivity contribution < 1.29 is 15.0 Å². The lowest BCUT2D eigenvalue weighted by Crippen LogP contribution is -2.45. The summed E-state index contributed by atoms with van der Waals surface area (Å²) in [7, 11) is 0. The molecule has 0 rings (SSSR count). The molecule has 4 heteroatoms. The first kappa shape index (κ1) is 70.3. The van der Waals surface area contributed by atoms with Crippen LogP contribution in [0.2, 0.25) is 0 Å². The van der Waals surface area contributed by atoms with Crippen LogP contribution in [0.15, 0.2) is 48.6 Å². The second kappa shape index (κ2) is 63.6. The zero-order valence-corrected chi connectivity index (χ0v) is 49.0. The maximum absolute atomic E-state index is 12.5. The number of hydrogen-bond donors (Lipinski definition) is 3. The second-order valence-corrected chi connectivity index (χ2v) is 22.5. The highest BCUT2D eigenvalue weighted by atomic mass is 16.3. The molecule has 0 radical (unpaired) electrons. The van der Waals surface area contributed by atoms with E-state index in [2.05, 4.69) is 55.6 Å². The van der Waals surface area contributed by atoms with E-state index in [1.54, 1.807) is 6.08 Å². The van der Waals surface area contributed by atoms with Gasteiger partial charge in [-0.3, -0.25) is 4.79 Å². The van der Waals surface area contributed by atoms with Gasteiger partial charge in [0.2, 0.25) is 5.91 Å². The van der Waals surface area contributed by atoms with Crippen molar-refractivity contribution in [3.05, 3.63) is 48.6 Å². The standard InChI is InChI=1S/C68H129NO3/c1-3-5-7-9-11-13-15-17-19-21-23-25-27-28-29-30-31-32-33-34-35-36-37-38-39-40-42-44-46-48-50-52-54-56-58-60-62-64-68(72)69-66(65-70)67(71)63-61-59-57-55-53-51-49-47-45-43-41-26-24-22-20-18-16-14-12-10-8-6-4-2/h21,23,45,47,53,55,61,63,66-67,70-71H,3-20,22,24-44,46,48-52,54,56-60,62,64-65H2,1-2H3,(H,69,72)/b23-21-,47-45+,55-53+,63-61+. The van der Waals surface area contributed by atoms with Crippen molar-refractivity contribution in [1.29, 1.82) is 0 Å². The minimum Gasteiger partial charge on any atom is -0.394 e. The molecule has 0 fully saturated rings. The maximum Gasteiger partial charge on any atom is 0.220 e. The van der Waals surface area contributed by atoms with Crippen LogP contribution in [0.1, 0.15) is 361 Å². The highest BCUT2D eigenvalue weighted by Gasteiger charge is 2.18. The number of aliphatic hydroxyl groups is 2. The lowest BCUT2D eigenvalue weighted by molar-refractivity contribution is -0.123. The molecule has 0 saturated carbocycles. The zero-order chi connectivity index (χ0) is 52.0. The molecular weight excluding hydrogens is 879 g/mol. The van der Waals surface area contributed by atoms with Crippen LogP contribution >= 0.6 is 0 Å². The van der Waals surface area contributed by atoms with E-state index in [1.165, 1.54) is 302 Å². The van der Waals surface area contributed by atoms with Crippen LogP contribution < -0.4 is 5.32 Å². The molecule has 4 nitrogen and oxygen atoms in total. The van der Waals surface area contributed by atoms with Gasteiger partial charge >= 0.3 is 0 Å². The average molecular weight is 1010 g/mol. The minimum atomic E-state index is -0.871. The summed E-state index contributed by atoms with van der Waals surface area (Å²) in [5.41, 5.74) is 0. The fourth-order valence-corrected chi connectivity index (χ4v) is 10.3. The molecule has 1 amide bonds. The summed E-state index contributed by atoms with van der Waals surface area (Å²) < 4.78 is 0. The summed E-state index contributed by atoms with van der Waals surface area (Å²) in [4.78, 5) is 12.5. The number of unbranched alkanes of at least 4 members (excludes halogenated alkanes) is 48. The Bertz CT molecular complexity index is 1140. The number of aliphatic hydroxyl groups excluding tert-OH is 2. The minimum absolute atomic E-state index is 0.0714. The Morgan fingerprint density at radius 2 is 0.542 bits per heavy atom. The van der Waals surface area contributed by atoms with Crippen LogP contribution in [0, 0.1) is 0 Å². The molecule has 2 unspecified atom stereocenters. The number of allylic oxidation sites excluding steroid dienone is 7. The smallest absolute Gasteiger partial charge is 0.220 e. The van der Waals surface area contributed by atoms with Crippen molar-refractivity contribution in [2.75, 3.05) is 6.61 Å². The molecular formula is C68H129NO3.